The Balaban J connectivity index is 1.93. The van der Waals surface area contributed by atoms with Crippen molar-refractivity contribution in [3.8, 4) is 5.75 Å². The van der Waals surface area contributed by atoms with Crippen LogP contribution in [-0.2, 0) is 11.3 Å². The molecule has 0 aliphatic carbocycles. The zero-order valence-electron chi connectivity index (χ0n) is 13.8. The third-order valence-corrected chi connectivity index (χ3v) is 3.45. The summed E-state index contributed by atoms with van der Waals surface area (Å²) in [5.74, 6) is -0.810. The summed E-state index contributed by atoms with van der Waals surface area (Å²) < 4.78 is 41.4. The van der Waals surface area contributed by atoms with E-state index in [2.05, 4.69) is 15.2 Å². The van der Waals surface area contributed by atoms with Crippen LogP contribution in [-0.4, -0.2) is 27.0 Å². The van der Waals surface area contributed by atoms with Gasteiger partial charge in [0.2, 0.25) is 5.91 Å². The van der Waals surface area contributed by atoms with Gasteiger partial charge in [0.05, 0.1) is 11.5 Å². The summed E-state index contributed by atoms with van der Waals surface area (Å²) in [4.78, 5) is 22.4. The maximum absolute atomic E-state index is 12.1. The van der Waals surface area contributed by atoms with Gasteiger partial charge in [-0.05, 0) is 38.1 Å². The Hall–Kier alpha value is -3.11. The first-order valence-corrected chi connectivity index (χ1v) is 7.41. The standard InChI is InChI=1S/C15H15F3N4O4/c1-9-14(22(24)25)10(2)21(20-9)8-7-13(23)19-11-3-5-12(6-4-11)26-15(16,17)18/h3-6H,7-8H2,1-2H3,(H,19,23). The number of aryl methyl sites for hydroxylation is 2. The molecular weight excluding hydrogens is 357 g/mol. The quantitative estimate of drug-likeness (QED) is 0.619. The van der Waals surface area contributed by atoms with Gasteiger partial charge < -0.3 is 10.1 Å². The number of amides is 1. The van der Waals surface area contributed by atoms with Gasteiger partial charge in [-0.15, -0.1) is 13.2 Å². The first kappa shape index (κ1) is 19.2. The van der Waals surface area contributed by atoms with Crippen molar-refractivity contribution < 1.29 is 27.6 Å². The van der Waals surface area contributed by atoms with Gasteiger partial charge in [0, 0.05) is 12.1 Å². The van der Waals surface area contributed by atoms with E-state index in [4.69, 9.17) is 0 Å². The fraction of sp³-hybridized carbons (Fsp3) is 0.333. The highest BCUT2D eigenvalue weighted by molar-refractivity contribution is 5.90. The molecule has 0 bridgehead atoms. The maximum Gasteiger partial charge on any atom is 0.573 e. The monoisotopic (exact) mass is 372 g/mol. The van der Waals surface area contributed by atoms with Gasteiger partial charge in [0.15, 0.2) is 0 Å². The van der Waals surface area contributed by atoms with Crippen molar-refractivity contribution >= 4 is 17.3 Å². The number of hydrogen-bond acceptors (Lipinski definition) is 5. The molecule has 1 N–H and O–H groups in total. The second-order valence-electron chi connectivity index (χ2n) is 5.37. The number of rotatable bonds is 6. The number of anilines is 1. The molecule has 1 amide bonds. The van der Waals surface area contributed by atoms with Crippen molar-refractivity contribution in [3.05, 3.63) is 45.8 Å². The van der Waals surface area contributed by atoms with Crippen LogP contribution >= 0.6 is 0 Å². The first-order valence-electron chi connectivity index (χ1n) is 7.41. The Kier molecular flexibility index (Phi) is 5.48. The Morgan fingerprint density at radius 3 is 2.42 bits per heavy atom. The summed E-state index contributed by atoms with van der Waals surface area (Å²) in [5, 5.41) is 17.5. The van der Waals surface area contributed by atoms with Crippen LogP contribution in [0.15, 0.2) is 24.3 Å². The number of aromatic nitrogens is 2. The van der Waals surface area contributed by atoms with Crippen molar-refractivity contribution in [2.24, 2.45) is 0 Å². The van der Waals surface area contributed by atoms with E-state index in [0.29, 0.717) is 11.4 Å². The van der Waals surface area contributed by atoms with E-state index >= 15 is 0 Å². The van der Waals surface area contributed by atoms with Gasteiger partial charge in [0.1, 0.15) is 17.1 Å². The summed E-state index contributed by atoms with van der Waals surface area (Å²) in [5.41, 5.74) is 0.802. The van der Waals surface area contributed by atoms with E-state index < -0.39 is 22.9 Å². The molecule has 0 radical (unpaired) electrons. The molecule has 140 valence electrons. The van der Waals surface area contributed by atoms with Crippen LogP contribution in [0.5, 0.6) is 5.75 Å². The normalized spacial score (nSPS) is 11.3. The van der Waals surface area contributed by atoms with Gasteiger partial charge in [0.25, 0.3) is 0 Å². The molecule has 0 unspecified atom stereocenters. The number of hydrogen-bond donors (Lipinski definition) is 1. The topological polar surface area (TPSA) is 99.3 Å². The molecule has 8 nitrogen and oxygen atoms in total. The minimum Gasteiger partial charge on any atom is -0.406 e. The fourth-order valence-corrected chi connectivity index (χ4v) is 2.34. The van der Waals surface area contributed by atoms with Crippen molar-refractivity contribution in [1.82, 2.24) is 9.78 Å². The number of nitrogens with zero attached hydrogens (tertiary/aromatic N) is 3. The fourth-order valence-electron chi connectivity index (χ4n) is 2.34. The third kappa shape index (κ3) is 4.94. The smallest absolute Gasteiger partial charge is 0.406 e. The van der Waals surface area contributed by atoms with E-state index in [1.807, 2.05) is 0 Å². The number of nitro groups is 1. The number of carbonyl (C=O) groups is 1. The van der Waals surface area contributed by atoms with Crippen LogP contribution in [0, 0.1) is 24.0 Å². The highest BCUT2D eigenvalue weighted by atomic mass is 19.4. The summed E-state index contributed by atoms with van der Waals surface area (Å²) in [6.45, 7) is 3.17. The molecule has 1 aromatic carbocycles. The Morgan fingerprint density at radius 2 is 1.92 bits per heavy atom. The molecule has 26 heavy (non-hydrogen) atoms. The molecule has 1 heterocycles. The molecule has 0 saturated heterocycles. The van der Waals surface area contributed by atoms with E-state index in [1.54, 1.807) is 0 Å². The highest BCUT2D eigenvalue weighted by Gasteiger charge is 2.31. The van der Waals surface area contributed by atoms with Gasteiger partial charge >= 0.3 is 12.0 Å². The Labute approximate surface area is 145 Å². The SMILES string of the molecule is Cc1nn(CCC(=O)Nc2ccc(OC(F)(F)F)cc2)c(C)c1[N+](=O)[O-]. The molecule has 0 atom stereocenters. The third-order valence-electron chi connectivity index (χ3n) is 3.45. The number of ether oxygens (including phenoxy) is 1. The van der Waals surface area contributed by atoms with Crippen molar-refractivity contribution in [2.45, 2.75) is 33.2 Å². The van der Waals surface area contributed by atoms with Gasteiger partial charge in [-0.2, -0.15) is 5.10 Å². The lowest BCUT2D eigenvalue weighted by molar-refractivity contribution is -0.386. The number of benzene rings is 1. The number of halogens is 3. The summed E-state index contributed by atoms with van der Waals surface area (Å²) in [7, 11) is 0. The van der Waals surface area contributed by atoms with Crippen LogP contribution in [0.4, 0.5) is 24.5 Å². The highest BCUT2D eigenvalue weighted by Crippen LogP contribution is 2.24. The van der Waals surface area contributed by atoms with E-state index in [0.717, 1.165) is 12.1 Å². The molecule has 0 spiro atoms. The molecule has 0 saturated carbocycles. The minimum absolute atomic E-state index is 0.0140. The molecule has 2 rings (SSSR count). The van der Waals surface area contributed by atoms with Crippen LogP contribution in [0.25, 0.3) is 0 Å². The predicted octanol–water partition coefficient (Wildman–Crippen LogP) is 3.34. The molecule has 0 aliphatic heterocycles. The molecule has 2 aromatic rings. The van der Waals surface area contributed by atoms with Crippen LogP contribution in [0.2, 0.25) is 0 Å². The van der Waals surface area contributed by atoms with Crippen LogP contribution < -0.4 is 10.1 Å². The first-order chi connectivity index (χ1) is 12.1. The van der Waals surface area contributed by atoms with E-state index in [1.165, 1.54) is 30.7 Å². The Bertz CT molecular complexity index is 816. The lowest BCUT2D eigenvalue weighted by atomic mass is 10.3. The average Bonchev–Trinajstić information content (AvgIpc) is 2.80. The molecular formula is C15H15F3N4O4. The van der Waals surface area contributed by atoms with Crippen molar-refractivity contribution in [3.63, 3.8) is 0 Å². The maximum atomic E-state index is 12.1. The minimum atomic E-state index is -4.78. The largest absolute Gasteiger partial charge is 0.573 e. The zero-order valence-corrected chi connectivity index (χ0v) is 13.8. The number of nitrogens with one attached hydrogen (secondary N) is 1. The van der Waals surface area contributed by atoms with Crippen molar-refractivity contribution in [1.29, 1.82) is 0 Å². The molecule has 0 aliphatic rings. The second kappa shape index (κ2) is 7.42. The Morgan fingerprint density at radius 1 is 1.31 bits per heavy atom. The molecule has 11 heteroatoms. The lowest BCUT2D eigenvalue weighted by Crippen LogP contribution is -2.17. The van der Waals surface area contributed by atoms with Crippen LogP contribution in [0.1, 0.15) is 17.8 Å². The van der Waals surface area contributed by atoms with E-state index in [-0.39, 0.29) is 24.3 Å². The van der Waals surface area contributed by atoms with Gasteiger partial charge in [-0.1, -0.05) is 0 Å². The van der Waals surface area contributed by atoms with Crippen LogP contribution in [0.3, 0.4) is 0 Å². The summed E-state index contributed by atoms with van der Waals surface area (Å²) >= 11 is 0. The zero-order chi connectivity index (χ0) is 19.5. The van der Waals surface area contributed by atoms with Gasteiger partial charge in [-0.3, -0.25) is 19.6 Å². The summed E-state index contributed by atoms with van der Waals surface area (Å²) in [6, 6.07) is 4.70. The summed E-state index contributed by atoms with van der Waals surface area (Å²) in [6.07, 6.45) is -4.80. The lowest BCUT2D eigenvalue weighted by Gasteiger charge is -2.10. The predicted molar refractivity (Wildman–Crippen MR) is 84.7 cm³/mol. The number of alkyl halides is 3. The second-order valence-corrected chi connectivity index (χ2v) is 5.37. The molecule has 0 fully saturated rings. The van der Waals surface area contributed by atoms with E-state index in [9.17, 15) is 28.1 Å². The number of carbonyl (C=O) groups excluding carboxylic acids is 1. The molecule has 1 aromatic heterocycles. The van der Waals surface area contributed by atoms with Gasteiger partial charge in [-0.25, -0.2) is 0 Å². The van der Waals surface area contributed by atoms with Crippen molar-refractivity contribution in [2.75, 3.05) is 5.32 Å². The average molecular weight is 372 g/mol.